The Kier molecular flexibility index (Phi) is 2.44. The molecule has 0 aromatic rings. The number of amides is 1. The van der Waals surface area contributed by atoms with Crippen molar-refractivity contribution in [1.82, 2.24) is 0 Å². The van der Waals surface area contributed by atoms with Gasteiger partial charge in [-0.2, -0.15) is 0 Å². The summed E-state index contributed by atoms with van der Waals surface area (Å²) < 4.78 is 0. The van der Waals surface area contributed by atoms with Crippen molar-refractivity contribution in [2.24, 2.45) is 21.6 Å². The SMILES string of the molecule is CC1(C)C=N[C@@H](C(N)=O)C(C)(C)[C@@H]1O. The van der Waals surface area contributed by atoms with E-state index in [1.165, 1.54) is 0 Å². The minimum atomic E-state index is -0.634. The first-order chi connectivity index (χ1) is 6.19. The Morgan fingerprint density at radius 3 is 2.36 bits per heavy atom. The molecule has 4 nitrogen and oxygen atoms in total. The summed E-state index contributed by atoms with van der Waals surface area (Å²) in [5, 5.41) is 10.1. The number of carbonyl (C=O) groups excluding carboxylic acids is 1. The smallest absolute Gasteiger partial charge is 0.242 e. The van der Waals surface area contributed by atoms with Crippen LogP contribution in [0.5, 0.6) is 0 Å². The van der Waals surface area contributed by atoms with Gasteiger partial charge in [0.15, 0.2) is 0 Å². The van der Waals surface area contributed by atoms with Crippen LogP contribution < -0.4 is 5.73 Å². The fourth-order valence-electron chi connectivity index (χ4n) is 2.08. The highest BCUT2D eigenvalue weighted by Crippen LogP contribution is 2.40. The summed E-state index contributed by atoms with van der Waals surface area (Å²) in [6.45, 7) is 7.40. The Morgan fingerprint density at radius 2 is 1.93 bits per heavy atom. The molecule has 1 rings (SSSR count). The molecule has 0 unspecified atom stereocenters. The Hall–Kier alpha value is -0.900. The lowest BCUT2D eigenvalue weighted by Crippen LogP contribution is -2.55. The van der Waals surface area contributed by atoms with Crippen LogP contribution in [0.2, 0.25) is 0 Å². The quantitative estimate of drug-likeness (QED) is 0.637. The Bertz CT molecular complexity index is 282. The molecule has 4 heteroatoms. The number of nitrogens with two attached hydrogens (primary N) is 1. The molecule has 80 valence electrons. The van der Waals surface area contributed by atoms with E-state index in [0.717, 1.165) is 0 Å². The summed E-state index contributed by atoms with van der Waals surface area (Å²) in [6, 6.07) is -0.634. The van der Waals surface area contributed by atoms with Crippen molar-refractivity contribution in [2.75, 3.05) is 0 Å². The van der Waals surface area contributed by atoms with Crippen molar-refractivity contribution in [2.45, 2.75) is 39.8 Å². The van der Waals surface area contributed by atoms with Gasteiger partial charge in [0.05, 0.1) is 6.10 Å². The van der Waals surface area contributed by atoms with E-state index in [0.29, 0.717) is 0 Å². The van der Waals surface area contributed by atoms with Crippen molar-refractivity contribution in [1.29, 1.82) is 0 Å². The first kappa shape index (κ1) is 11.2. The molecule has 1 amide bonds. The second kappa shape index (κ2) is 3.05. The highest BCUT2D eigenvalue weighted by molar-refractivity contribution is 5.84. The topological polar surface area (TPSA) is 75.7 Å². The van der Waals surface area contributed by atoms with E-state index in [9.17, 15) is 9.90 Å². The molecular weight excluding hydrogens is 180 g/mol. The van der Waals surface area contributed by atoms with Crippen molar-refractivity contribution < 1.29 is 9.90 Å². The second-order valence-electron chi connectivity index (χ2n) is 5.13. The summed E-state index contributed by atoms with van der Waals surface area (Å²) in [5.41, 5.74) is 4.22. The fourth-order valence-corrected chi connectivity index (χ4v) is 2.08. The van der Waals surface area contributed by atoms with E-state index in [2.05, 4.69) is 4.99 Å². The van der Waals surface area contributed by atoms with E-state index in [1.807, 2.05) is 27.7 Å². The Morgan fingerprint density at radius 1 is 1.43 bits per heavy atom. The average molecular weight is 198 g/mol. The molecule has 0 radical (unpaired) electrons. The van der Waals surface area contributed by atoms with E-state index in [1.54, 1.807) is 6.21 Å². The average Bonchev–Trinajstić information content (AvgIpc) is 1.99. The molecule has 0 saturated carbocycles. The third-order valence-electron chi connectivity index (χ3n) is 2.94. The van der Waals surface area contributed by atoms with Gasteiger partial charge in [-0.1, -0.05) is 27.7 Å². The Balaban J connectivity index is 3.13. The lowest BCUT2D eigenvalue weighted by molar-refractivity contribution is -0.126. The number of aliphatic imine (C=N–C) groups is 1. The van der Waals surface area contributed by atoms with Crippen LogP contribution in [0, 0.1) is 10.8 Å². The van der Waals surface area contributed by atoms with E-state index >= 15 is 0 Å². The van der Waals surface area contributed by atoms with Gasteiger partial charge >= 0.3 is 0 Å². The first-order valence-corrected chi connectivity index (χ1v) is 4.71. The molecule has 3 N–H and O–H groups in total. The minimum Gasteiger partial charge on any atom is -0.392 e. The molecule has 1 aliphatic heterocycles. The monoisotopic (exact) mass is 198 g/mol. The van der Waals surface area contributed by atoms with Crippen LogP contribution in [0.15, 0.2) is 4.99 Å². The third-order valence-corrected chi connectivity index (χ3v) is 2.94. The molecular formula is C10H18N2O2. The summed E-state index contributed by atoms with van der Waals surface area (Å²) in [6.07, 6.45) is 1.00. The maximum Gasteiger partial charge on any atom is 0.242 e. The van der Waals surface area contributed by atoms with Crippen LogP contribution in [-0.2, 0) is 4.79 Å². The molecule has 1 heterocycles. The number of nitrogens with zero attached hydrogens (tertiary/aromatic N) is 1. The molecule has 0 saturated heterocycles. The molecule has 0 bridgehead atoms. The molecule has 14 heavy (non-hydrogen) atoms. The highest BCUT2D eigenvalue weighted by atomic mass is 16.3. The van der Waals surface area contributed by atoms with Gasteiger partial charge in [0.1, 0.15) is 6.04 Å². The fraction of sp³-hybridized carbons (Fsp3) is 0.800. The summed E-state index contributed by atoms with van der Waals surface area (Å²) in [4.78, 5) is 15.2. The Labute approximate surface area is 84.2 Å². The van der Waals surface area contributed by atoms with Gasteiger partial charge < -0.3 is 10.8 Å². The molecule has 1 aliphatic rings. The van der Waals surface area contributed by atoms with Crippen LogP contribution >= 0.6 is 0 Å². The predicted octanol–water partition coefficient (Wildman–Crippen LogP) is 0.338. The molecule has 0 aromatic carbocycles. The zero-order valence-electron chi connectivity index (χ0n) is 9.11. The van der Waals surface area contributed by atoms with Crippen molar-refractivity contribution >= 4 is 12.1 Å². The number of hydrogen-bond donors (Lipinski definition) is 2. The van der Waals surface area contributed by atoms with E-state index in [-0.39, 0.29) is 0 Å². The molecule has 0 spiro atoms. The standard InChI is InChI=1S/C10H18N2O2/c1-9(2)5-12-6(7(11)13)10(3,4)8(9)14/h5-6,8,14H,1-4H3,(H2,11,13)/t6-,8+/m0/s1. The number of primary amides is 1. The van der Waals surface area contributed by atoms with Crippen molar-refractivity contribution in [3.8, 4) is 0 Å². The summed E-state index contributed by atoms with van der Waals surface area (Å²) >= 11 is 0. The van der Waals surface area contributed by atoms with Crippen LogP contribution in [0.1, 0.15) is 27.7 Å². The lowest BCUT2D eigenvalue weighted by Gasteiger charge is -2.45. The zero-order chi connectivity index (χ0) is 11.1. The number of aliphatic hydroxyl groups excluding tert-OH is 1. The normalized spacial score (nSPS) is 34.1. The van der Waals surface area contributed by atoms with Gasteiger partial charge in [-0.05, 0) is 0 Å². The van der Waals surface area contributed by atoms with Gasteiger partial charge in [-0.3, -0.25) is 9.79 Å². The lowest BCUT2D eigenvalue weighted by atomic mass is 9.66. The van der Waals surface area contributed by atoms with Gasteiger partial charge in [0, 0.05) is 17.0 Å². The molecule has 2 atom stereocenters. The highest BCUT2D eigenvalue weighted by Gasteiger charge is 2.48. The van der Waals surface area contributed by atoms with Crippen molar-refractivity contribution in [3.63, 3.8) is 0 Å². The van der Waals surface area contributed by atoms with Gasteiger partial charge in [0.2, 0.25) is 5.91 Å². The number of hydrogen-bond acceptors (Lipinski definition) is 3. The van der Waals surface area contributed by atoms with Gasteiger partial charge in [-0.15, -0.1) is 0 Å². The molecule has 0 aromatic heterocycles. The maximum absolute atomic E-state index is 11.1. The van der Waals surface area contributed by atoms with Crippen LogP contribution in [0.25, 0.3) is 0 Å². The van der Waals surface area contributed by atoms with Crippen LogP contribution in [-0.4, -0.2) is 29.4 Å². The molecule has 0 aliphatic carbocycles. The van der Waals surface area contributed by atoms with E-state index < -0.39 is 28.9 Å². The first-order valence-electron chi connectivity index (χ1n) is 4.71. The van der Waals surface area contributed by atoms with Crippen LogP contribution in [0.3, 0.4) is 0 Å². The summed E-state index contributed by atoms with van der Waals surface area (Å²) in [5.74, 6) is -0.485. The molecule has 0 fully saturated rings. The van der Waals surface area contributed by atoms with Gasteiger partial charge in [-0.25, -0.2) is 0 Å². The van der Waals surface area contributed by atoms with Crippen molar-refractivity contribution in [3.05, 3.63) is 0 Å². The van der Waals surface area contributed by atoms with E-state index in [4.69, 9.17) is 5.73 Å². The largest absolute Gasteiger partial charge is 0.392 e. The second-order valence-corrected chi connectivity index (χ2v) is 5.13. The number of aliphatic hydroxyl groups is 1. The third kappa shape index (κ3) is 1.54. The minimum absolute atomic E-state index is 0.407. The predicted molar refractivity (Wildman–Crippen MR) is 55.0 cm³/mol. The number of rotatable bonds is 1. The zero-order valence-corrected chi connectivity index (χ0v) is 9.11. The maximum atomic E-state index is 11.1. The van der Waals surface area contributed by atoms with Gasteiger partial charge in [0.25, 0.3) is 0 Å². The summed E-state index contributed by atoms with van der Waals surface area (Å²) in [7, 11) is 0. The van der Waals surface area contributed by atoms with Crippen LogP contribution in [0.4, 0.5) is 0 Å². The number of carbonyl (C=O) groups is 1.